The maximum absolute atomic E-state index is 12.6. The van der Waals surface area contributed by atoms with Gasteiger partial charge in [0.15, 0.2) is 0 Å². The molecular formula is C22H21F3N4O2. The van der Waals surface area contributed by atoms with Gasteiger partial charge >= 0.3 is 6.18 Å². The fourth-order valence-corrected chi connectivity index (χ4v) is 3.59. The molecule has 0 bridgehead atoms. The molecule has 6 nitrogen and oxygen atoms in total. The Bertz CT molecular complexity index is 1010. The molecule has 3 aromatic rings. The van der Waals surface area contributed by atoms with Crippen LogP contribution in [-0.4, -0.2) is 32.8 Å². The topological polar surface area (TPSA) is 69.0 Å². The molecule has 0 unspecified atom stereocenters. The third kappa shape index (κ3) is 5.22. The SMILES string of the molecule is O=C(NC1CCC(Oc2ccc(C(F)(F)F)cn2)CC1)c1cccc(-n2cccn2)c1. The van der Waals surface area contributed by atoms with E-state index in [1.54, 1.807) is 23.0 Å². The minimum Gasteiger partial charge on any atom is -0.474 e. The van der Waals surface area contributed by atoms with Crippen LogP contribution in [0.25, 0.3) is 5.69 Å². The summed E-state index contributed by atoms with van der Waals surface area (Å²) in [7, 11) is 0. The molecule has 4 rings (SSSR count). The number of alkyl halides is 3. The zero-order valence-corrected chi connectivity index (χ0v) is 16.5. The summed E-state index contributed by atoms with van der Waals surface area (Å²) >= 11 is 0. The van der Waals surface area contributed by atoms with Crippen molar-refractivity contribution in [1.29, 1.82) is 0 Å². The van der Waals surface area contributed by atoms with E-state index >= 15 is 0 Å². The number of aromatic nitrogens is 3. The quantitative estimate of drug-likeness (QED) is 0.651. The number of amides is 1. The Balaban J connectivity index is 1.28. The highest BCUT2D eigenvalue weighted by atomic mass is 19.4. The molecule has 0 spiro atoms. The number of pyridine rings is 1. The van der Waals surface area contributed by atoms with Crippen molar-refractivity contribution in [3.63, 3.8) is 0 Å². The van der Waals surface area contributed by atoms with E-state index < -0.39 is 11.7 Å². The van der Waals surface area contributed by atoms with Crippen molar-refractivity contribution in [2.24, 2.45) is 0 Å². The van der Waals surface area contributed by atoms with Gasteiger partial charge in [-0.05, 0) is 56.0 Å². The number of ether oxygens (including phenoxy) is 1. The second kappa shape index (κ2) is 8.79. The summed E-state index contributed by atoms with van der Waals surface area (Å²) in [6, 6.07) is 11.3. The van der Waals surface area contributed by atoms with Crippen LogP contribution in [0.15, 0.2) is 61.1 Å². The van der Waals surface area contributed by atoms with Gasteiger partial charge in [-0.1, -0.05) is 6.07 Å². The first kappa shape index (κ1) is 20.9. The zero-order valence-electron chi connectivity index (χ0n) is 16.5. The molecule has 2 aromatic heterocycles. The summed E-state index contributed by atoms with van der Waals surface area (Å²) in [4.78, 5) is 16.4. The van der Waals surface area contributed by atoms with Gasteiger partial charge in [0.1, 0.15) is 6.10 Å². The third-order valence-corrected chi connectivity index (χ3v) is 5.24. The Morgan fingerprint density at radius 1 is 1.10 bits per heavy atom. The number of carbonyl (C=O) groups is 1. The molecule has 0 radical (unpaired) electrons. The lowest BCUT2D eigenvalue weighted by Gasteiger charge is -2.29. The van der Waals surface area contributed by atoms with Crippen LogP contribution in [0.1, 0.15) is 41.6 Å². The summed E-state index contributed by atoms with van der Waals surface area (Å²) in [6.07, 6.45) is 2.50. The molecule has 1 amide bonds. The van der Waals surface area contributed by atoms with E-state index in [2.05, 4.69) is 15.4 Å². The normalized spacial score (nSPS) is 19.1. The summed E-state index contributed by atoms with van der Waals surface area (Å²) in [5, 5.41) is 7.22. The van der Waals surface area contributed by atoms with Crippen LogP contribution >= 0.6 is 0 Å². The first-order valence-corrected chi connectivity index (χ1v) is 9.99. The van der Waals surface area contributed by atoms with Gasteiger partial charge in [0.2, 0.25) is 5.88 Å². The summed E-state index contributed by atoms with van der Waals surface area (Å²) in [5.74, 6) is 0.0266. The van der Waals surface area contributed by atoms with Crippen molar-refractivity contribution in [2.45, 2.75) is 44.0 Å². The van der Waals surface area contributed by atoms with E-state index in [9.17, 15) is 18.0 Å². The van der Waals surface area contributed by atoms with Crippen LogP contribution in [0.3, 0.4) is 0 Å². The van der Waals surface area contributed by atoms with Gasteiger partial charge in [-0.25, -0.2) is 9.67 Å². The van der Waals surface area contributed by atoms with Gasteiger partial charge in [-0.3, -0.25) is 4.79 Å². The monoisotopic (exact) mass is 430 g/mol. The molecule has 2 heterocycles. The second-order valence-electron chi connectivity index (χ2n) is 7.45. The number of halogens is 3. The zero-order chi connectivity index (χ0) is 21.8. The molecule has 31 heavy (non-hydrogen) atoms. The van der Waals surface area contributed by atoms with E-state index in [0.717, 1.165) is 30.8 Å². The predicted molar refractivity (Wildman–Crippen MR) is 107 cm³/mol. The van der Waals surface area contributed by atoms with E-state index in [4.69, 9.17) is 4.74 Å². The number of rotatable bonds is 5. The first-order valence-electron chi connectivity index (χ1n) is 9.99. The van der Waals surface area contributed by atoms with Gasteiger partial charge in [-0.2, -0.15) is 18.3 Å². The highest BCUT2D eigenvalue weighted by Gasteiger charge is 2.31. The standard InChI is InChI=1S/C22H21F3N4O2/c23-22(24,25)16-5-10-20(26-14-16)31-19-8-6-17(7-9-19)28-21(30)15-3-1-4-18(13-15)29-12-2-11-27-29/h1-5,10-14,17,19H,6-9H2,(H,28,30). The largest absolute Gasteiger partial charge is 0.474 e. The average molecular weight is 430 g/mol. The molecule has 1 aliphatic rings. The molecule has 9 heteroatoms. The van der Waals surface area contributed by atoms with Crippen LogP contribution in [0.2, 0.25) is 0 Å². The van der Waals surface area contributed by atoms with Gasteiger partial charge in [0, 0.05) is 36.3 Å². The predicted octanol–water partition coefficient (Wildman–Crippen LogP) is 4.41. The van der Waals surface area contributed by atoms with Gasteiger partial charge in [0.25, 0.3) is 5.91 Å². The number of hydrogen-bond acceptors (Lipinski definition) is 4. The smallest absolute Gasteiger partial charge is 0.417 e. The Labute approximate surface area is 177 Å². The Kier molecular flexibility index (Phi) is 5.92. The fraction of sp³-hybridized carbons (Fsp3) is 0.318. The highest BCUT2D eigenvalue weighted by Crippen LogP contribution is 2.30. The van der Waals surface area contributed by atoms with Crippen LogP contribution in [-0.2, 0) is 6.18 Å². The van der Waals surface area contributed by atoms with Crippen molar-refractivity contribution in [3.8, 4) is 11.6 Å². The molecule has 1 N–H and O–H groups in total. The van der Waals surface area contributed by atoms with Crippen LogP contribution < -0.4 is 10.1 Å². The lowest BCUT2D eigenvalue weighted by molar-refractivity contribution is -0.137. The molecule has 1 saturated carbocycles. The van der Waals surface area contributed by atoms with Gasteiger partial charge < -0.3 is 10.1 Å². The van der Waals surface area contributed by atoms with Crippen LogP contribution in [0, 0.1) is 0 Å². The molecule has 0 aliphatic heterocycles. The van der Waals surface area contributed by atoms with E-state index in [1.165, 1.54) is 6.07 Å². The number of benzene rings is 1. The van der Waals surface area contributed by atoms with Crippen LogP contribution in [0.4, 0.5) is 13.2 Å². The summed E-state index contributed by atoms with van der Waals surface area (Å²) < 4.78 is 45.3. The molecular weight excluding hydrogens is 409 g/mol. The van der Waals surface area contributed by atoms with Crippen molar-refractivity contribution < 1.29 is 22.7 Å². The molecule has 1 fully saturated rings. The van der Waals surface area contributed by atoms with Crippen molar-refractivity contribution in [2.75, 3.05) is 0 Å². The molecule has 0 atom stereocenters. The molecule has 162 valence electrons. The number of carbonyl (C=O) groups excluding carboxylic acids is 1. The van der Waals surface area contributed by atoms with Crippen molar-refractivity contribution >= 4 is 5.91 Å². The lowest BCUT2D eigenvalue weighted by atomic mass is 9.92. The van der Waals surface area contributed by atoms with Crippen molar-refractivity contribution in [1.82, 2.24) is 20.1 Å². The number of nitrogens with zero attached hydrogens (tertiary/aromatic N) is 3. The van der Waals surface area contributed by atoms with E-state index in [-0.39, 0.29) is 23.9 Å². The summed E-state index contributed by atoms with van der Waals surface area (Å²) in [6.45, 7) is 0. The summed E-state index contributed by atoms with van der Waals surface area (Å²) in [5.41, 5.74) is 0.557. The highest BCUT2D eigenvalue weighted by molar-refractivity contribution is 5.94. The third-order valence-electron chi connectivity index (χ3n) is 5.24. The maximum atomic E-state index is 12.6. The average Bonchev–Trinajstić information content (AvgIpc) is 3.30. The minimum atomic E-state index is -4.42. The van der Waals surface area contributed by atoms with E-state index in [1.807, 2.05) is 24.4 Å². The number of nitrogens with one attached hydrogen (secondary N) is 1. The maximum Gasteiger partial charge on any atom is 0.417 e. The first-order chi connectivity index (χ1) is 14.9. The Hall–Kier alpha value is -3.36. The van der Waals surface area contributed by atoms with Gasteiger partial charge in [0.05, 0.1) is 11.3 Å². The fourth-order valence-electron chi connectivity index (χ4n) is 3.59. The second-order valence-corrected chi connectivity index (χ2v) is 7.45. The van der Waals surface area contributed by atoms with Crippen molar-refractivity contribution in [3.05, 3.63) is 72.2 Å². The van der Waals surface area contributed by atoms with Gasteiger partial charge in [-0.15, -0.1) is 0 Å². The van der Waals surface area contributed by atoms with Crippen LogP contribution in [0.5, 0.6) is 5.88 Å². The Morgan fingerprint density at radius 3 is 2.55 bits per heavy atom. The lowest BCUT2D eigenvalue weighted by Crippen LogP contribution is -2.39. The molecule has 1 aliphatic carbocycles. The minimum absolute atomic E-state index is 0.0151. The molecule has 0 saturated heterocycles. The number of hydrogen-bond donors (Lipinski definition) is 1. The van der Waals surface area contributed by atoms with E-state index in [0.29, 0.717) is 18.4 Å². The Morgan fingerprint density at radius 2 is 1.90 bits per heavy atom. The molecule has 1 aromatic carbocycles.